The molecule has 0 aromatic rings. The van der Waals surface area contributed by atoms with Crippen molar-refractivity contribution in [1.29, 1.82) is 0 Å². The minimum atomic E-state index is 0.113. The summed E-state index contributed by atoms with van der Waals surface area (Å²) in [4.78, 5) is 13.4. The van der Waals surface area contributed by atoms with Crippen molar-refractivity contribution in [2.45, 2.75) is 25.8 Å². The Hall–Kier alpha value is -0.830. The number of allylic oxidation sites excluding steroid dienone is 1. The van der Waals surface area contributed by atoms with Crippen LogP contribution in [0.2, 0.25) is 0 Å². The van der Waals surface area contributed by atoms with Crippen molar-refractivity contribution in [3.05, 3.63) is 12.2 Å². The Bertz CT molecular complexity index is 197. The number of carbonyl (C=O) groups is 1. The van der Waals surface area contributed by atoms with Crippen molar-refractivity contribution in [2.24, 2.45) is 0 Å². The number of nitrogens with zero attached hydrogens (tertiary/aromatic N) is 1. The molecule has 1 aliphatic carbocycles. The highest BCUT2D eigenvalue weighted by molar-refractivity contribution is 5.88. The first-order valence-electron chi connectivity index (χ1n) is 4.71. The van der Waals surface area contributed by atoms with Crippen LogP contribution < -0.4 is 0 Å². The average molecular weight is 183 g/mol. The molecule has 3 heteroatoms. The van der Waals surface area contributed by atoms with E-state index in [9.17, 15) is 4.79 Å². The molecule has 0 spiro atoms. The van der Waals surface area contributed by atoms with Gasteiger partial charge in [-0.2, -0.15) is 0 Å². The summed E-state index contributed by atoms with van der Waals surface area (Å²) in [5, 5.41) is 0. The second kappa shape index (κ2) is 5.02. The second-order valence-corrected chi connectivity index (χ2v) is 3.26. The van der Waals surface area contributed by atoms with Crippen molar-refractivity contribution in [2.75, 3.05) is 20.3 Å². The van der Waals surface area contributed by atoms with Gasteiger partial charge in [-0.3, -0.25) is 4.79 Å². The molecule has 3 nitrogen and oxygen atoms in total. The van der Waals surface area contributed by atoms with Crippen LogP contribution in [0, 0.1) is 0 Å². The van der Waals surface area contributed by atoms with E-state index < -0.39 is 0 Å². The van der Waals surface area contributed by atoms with Crippen molar-refractivity contribution in [3.63, 3.8) is 0 Å². The molecule has 0 atom stereocenters. The Kier molecular flexibility index (Phi) is 3.96. The number of methoxy groups -OCH3 is 1. The maximum atomic E-state index is 11.5. The predicted octanol–water partition coefficient (Wildman–Crippen LogP) is 1.20. The van der Waals surface area contributed by atoms with Crippen LogP contribution in [0.5, 0.6) is 0 Å². The smallest absolute Gasteiger partial charge is 0.246 e. The SMILES string of the molecule is CC=CC(=O)N(CCOC)C1CC1. The second-order valence-electron chi connectivity index (χ2n) is 3.26. The zero-order chi connectivity index (χ0) is 9.68. The molecule has 0 aromatic heterocycles. The summed E-state index contributed by atoms with van der Waals surface area (Å²) in [6.07, 6.45) is 5.69. The van der Waals surface area contributed by atoms with E-state index in [1.165, 1.54) is 0 Å². The first-order chi connectivity index (χ1) is 6.29. The Morgan fingerprint density at radius 2 is 2.31 bits per heavy atom. The molecule has 1 saturated carbocycles. The fourth-order valence-corrected chi connectivity index (χ4v) is 1.29. The lowest BCUT2D eigenvalue weighted by atomic mass is 10.4. The van der Waals surface area contributed by atoms with Crippen LogP contribution in [0.1, 0.15) is 19.8 Å². The van der Waals surface area contributed by atoms with Crippen molar-refractivity contribution in [1.82, 2.24) is 4.90 Å². The van der Waals surface area contributed by atoms with Gasteiger partial charge in [0, 0.05) is 19.7 Å². The number of ether oxygens (including phenoxy) is 1. The van der Waals surface area contributed by atoms with Gasteiger partial charge in [0.05, 0.1) is 6.61 Å². The van der Waals surface area contributed by atoms with E-state index in [2.05, 4.69) is 0 Å². The van der Waals surface area contributed by atoms with Gasteiger partial charge in [0.25, 0.3) is 0 Å². The maximum Gasteiger partial charge on any atom is 0.246 e. The summed E-state index contributed by atoms with van der Waals surface area (Å²) >= 11 is 0. The molecule has 0 aliphatic heterocycles. The van der Waals surface area contributed by atoms with Gasteiger partial charge < -0.3 is 9.64 Å². The zero-order valence-corrected chi connectivity index (χ0v) is 8.32. The minimum Gasteiger partial charge on any atom is -0.383 e. The summed E-state index contributed by atoms with van der Waals surface area (Å²) in [7, 11) is 1.66. The average Bonchev–Trinajstić information content (AvgIpc) is 2.89. The molecule has 0 radical (unpaired) electrons. The van der Waals surface area contributed by atoms with Crippen molar-refractivity contribution in [3.8, 4) is 0 Å². The summed E-state index contributed by atoms with van der Waals surface area (Å²) in [6, 6.07) is 0.471. The molecular weight excluding hydrogens is 166 g/mol. The van der Waals surface area contributed by atoms with Crippen LogP contribution in [0.4, 0.5) is 0 Å². The van der Waals surface area contributed by atoms with Gasteiger partial charge in [-0.1, -0.05) is 6.08 Å². The zero-order valence-electron chi connectivity index (χ0n) is 8.32. The Morgan fingerprint density at radius 3 is 2.77 bits per heavy atom. The monoisotopic (exact) mass is 183 g/mol. The van der Waals surface area contributed by atoms with Crippen LogP contribution in [0.15, 0.2) is 12.2 Å². The summed E-state index contributed by atoms with van der Waals surface area (Å²) in [5.41, 5.74) is 0. The molecule has 0 aromatic carbocycles. The predicted molar refractivity (Wildman–Crippen MR) is 51.4 cm³/mol. The van der Waals surface area contributed by atoms with Gasteiger partial charge in [0.1, 0.15) is 0 Å². The summed E-state index contributed by atoms with van der Waals surface area (Å²) in [6.45, 7) is 3.20. The molecule has 0 heterocycles. The van der Waals surface area contributed by atoms with E-state index in [1.807, 2.05) is 11.8 Å². The van der Waals surface area contributed by atoms with Gasteiger partial charge >= 0.3 is 0 Å². The number of rotatable bonds is 5. The van der Waals surface area contributed by atoms with Crippen molar-refractivity contribution >= 4 is 5.91 Å². The molecule has 13 heavy (non-hydrogen) atoms. The molecular formula is C10H17NO2. The minimum absolute atomic E-state index is 0.113. The highest BCUT2D eigenvalue weighted by atomic mass is 16.5. The molecule has 0 saturated heterocycles. The third-order valence-corrected chi connectivity index (χ3v) is 2.12. The molecule has 0 unspecified atom stereocenters. The fraction of sp³-hybridized carbons (Fsp3) is 0.700. The first-order valence-corrected chi connectivity index (χ1v) is 4.71. The lowest BCUT2D eigenvalue weighted by Crippen LogP contribution is -2.34. The number of carbonyl (C=O) groups excluding carboxylic acids is 1. The van der Waals surface area contributed by atoms with E-state index in [1.54, 1.807) is 19.3 Å². The van der Waals surface area contributed by atoms with E-state index in [4.69, 9.17) is 4.74 Å². The third-order valence-electron chi connectivity index (χ3n) is 2.12. The van der Waals surface area contributed by atoms with Crippen molar-refractivity contribution < 1.29 is 9.53 Å². The third kappa shape index (κ3) is 3.19. The Balaban J connectivity index is 2.41. The lowest BCUT2D eigenvalue weighted by Gasteiger charge is -2.19. The van der Waals surface area contributed by atoms with E-state index in [-0.39, 0.29) is 5.91 Å². The normalized spacial score (nSPS) is 16.5. The van der Waals surface area contributed by atoms with Crippen LogP contribution in [-0.2, 0) is 9.53 Å². The highest BCUT2D eigenvalue weighted by Gasteiger charge is 2.30. The van der Waals surface area contributed by atoms with Crippen LogP contribution in [-0.4, -0.2) is 37.1 Å². The number of hydrogen-bond donors (Lipinski definition) is 0. The molecule has 0 N–H and O–H groups in total. The maximum absolute atomic E-state index is 11.5. The van der Waals surface area contributed by atoms with E-state index in [0.29, 0.717) is 19.2 Å². The first kappa shape index (κ1) is 10.3. The topological polar surface area (TPSA) is 29.5 Å². The Morgan fingerprint density at radius 1 is 1.62 bits per heavy atom. The van der Waals surface area contributed by atoms with Crippen LogP contribution >= 0.6 is 0 Å². The standard InChI is InChI=1S/C10H17NO2/c1-3-4-10(12)11(7-8-13-2)9-5-6-9/h3-4,9H,5-8H2,1-2H3. The van der Waals surface area contributed by atoms with E-state index >= 15 is 0 Å². The lowest BCUT2D eigenvalue weighted by molar-refractivity contribution is -0.127. The van der Waals surface area contributed by atoms with Gasteiger partial charge in [0.2, 0.25) is 5.91 Å². The van der Waals surface area contributed by atoms with Gasteiger partial charge in [-0.05, 0) is 25.8 Å². The molecule has 0 bridgehead atoms. The summed E-state index contributed by atoms with van der Waals surface area (Å²) < 4.78 is 4.96. The van der Waals surface area contributed by atoms with Crippen LogP contribution in [0.3, 0.4) is 0 Å². The van der Waals surface area contributed by atoms with Gasteiger partial charge in [0.15, 0.2) is 0 Å². The van der Waals surface area contributed by atoms with Gasteiger partial charge in [-0.25, -0.2) is 0 Å². The molecule has 74 valence electrons. The molecule has 1 amide bonds. The van der Waals surface area contributed by atoms with E-state index in [0.717, 1.165) is 12.8 Å². The number of amides is 1. The fourth-order valence-electron chi connectivity index (χ4n) is 1.29. The quantitative estimate of drug-likeness (QED) is 0.599. The van der Waals surface area contributed by atoms with Gasteiger partial charge in [-0.15, -0.1) is 0 Å². The van der Waals surface area contributed by atoms with Crippen LogP contribution in [0.25, 0.3) is 0 Å². The highest BCUT2D eigenvalue weighted by Crippen LogP contribution is 2.26. The molecule has 1 aliphatic rings. The molecule has 1 fully saturated rings. The number of hydrogen-bond acceptors (Lipinski definition) is 2. The Labute approximate surface area is 79.4 Å². The summed E-state index contributed by atoms with van der Waals surface area (Å²) in [5.74, 6) is 0.113. The largest absolute Gasteiger partial charge is 0.383 e. The molecule has 1 rings (SSSR count).